The van der Waals surface area contributed by atoms with E-state index in [0.29, 0.717) is 25.7 Å². The third-order valence-electron chi connectivity index (χ3n) is 2.69. The molecule has 2 N–H and O–H groups in total. The molecule has 0 rings (SSSR count). The fourth-order valence-corrected chi connectivity index (χ4v) is 1.19. The normalized spacial score (nSPS) is 14.1. The number of hydrogen-bond acceptors (Lipinski definition) is 3. The summed E-state index contributed by atoms with van der Waals surface area (Å²) in [4.78, 5) is 10.9. The summed E-state index contributed by atoms with van der Waals surface area (Å²) in [5, 5.41) is 12.3. The van der Waals surface area contributed by atoms with Crippen LogP contribution in [0.25, 0.3) is 0 Å². The van der Waals surface area contributed by atoms with Crippen LogP contribution in [-0.4, -0.2) is 36.9 Å². The van der Waals surface area contributed by atoms with Crippen LogP contribution in [0.4, 0.5) is 0 Å². The van der Waals surface area contributed by atoms with Crippen molar-refractivity contribution in [1.29, 1.82) is 0 Å². The highest BCUT2D eigenvalue weighted by Crippen LogP contribution is 2.14. The van der Waals surface area contributed by atoms with Crippen molar-refractivity contribution in [2.45, 2.75) is 40.7 Å². The number of aliphatic carboxylic acids is 1. The van der Waals surface area contributed by atoms with Crippen molar-refractivity contribution < 1.29 is 14.6 Å². The standard InChI is InChI=1S/C12H25NO3/c1-6-16-7-10(9(2)3)13-8-12(4,5)11(14)15/h9-10,13H,6-8H2,1-5H3,(H,14,15). The second-order valence-electron chi connectivity index (χ2n) is 5.08. The van der Waals surface area contributed by atoms with Crippen LogP contribution >= 0.6 is 0 Å². The molecule has 96 valence electrons. The molecule has 0 aromatic carbocycles. The third-order valence-corrected chi connectivity index (χ3v) is 2.69. The minimum Gasteiger partial charge on any atom is -0.481 e. The topological polar surface area (TPSA) is 58.6 Å². The maximum absolute atomic E-state index is 10.9. The van der Waals surface area contributed by atoms with Crippen LogP contribution in [0.5, 0.6) is 0 Å². The molecule has 1 unspecified atom stereocenters. The van der Waals surface area contributed by atoms with E-state index in [1.165, 1.54) is 0 Å². The van der Waals surface area contributed by atoms with Gasteiger partial charge in [0.25, 0.3) is 0 Å². The first-order chi connectivity index (χ1) is 7.31. The predicted octanol–water partition coefficient (Wildman–Crippen LogP) is 1.75. The van der Waals surface area contributed by atoms with Gasteiger partial charge in [-0.15, -0.1) is 0 Å². The summed E-state index contributed by atoms with van der Waals surface area (Å²) in [6.45, 7) is 11.4. The zero-order valence-electron chi connectivity index (χ0n) is 11.0. The molecule has 0 saturated heterocycles. The summed E-state index contributed by atoms with van der Waals surface area (Å²) in [6, 6.07) is 0.207. The van der Waals surface area contributed by atoms with E-state index in [9.17, 15) is 4.79 Å². The van der Waals surface area contributed by atoms with Crippen molar-refractivity contribution in [3.63, 3.8) is 0 Å². The fourth-order valence-electron chi connectivity index (χ4n) is 1.19. The van der Waals surface area contributed by atoms with E-state index in [1.807, 2.05) is 6.92 Å². The molecule has 0 bridgehead atoms. The van der Waals surface area contributed by atoms with E-state index >= 15 is 0 Å². The second-order valence-corrected chi connectivity index (χ2v) is 5.08. The van der Waals surface area contributed by atoms with Crippen LogP contribution in [0, 0.1) is 11.3 Å². The maximum atomic E-state index is 10.9. The molecule has 16 heavy (non-hydrogen) atoms. The first kappa shape index (κ1) is 15.4. The van der Waals surface area contributed by atoms with Crippen molar-refractivity contribution in [2.24, 2.45) is 11.3 Å². The van der Waals surface area contributed by atoms with Gasteiger partial charge in [-0.05, 0) is 26.7 Å². The van der Waals surface area contributed by atoms with E-state index in [4.69, 9.17) is 9.84 Å². The van der Waals surface area contributed by atoms with Crippen molar-refractivity contribution in [2.75, 3.05) is 19.8 Å². The lowest BCUT2D eigenvalue weighted by Gasteiger charge is -2.27. The van der Waals surface area contributed by atoms with Gasteiger partial charge in [-0.2, -0.15) is 0 Å². The van der Waals surface area contributed by atoms with Crippen LogP contribution in [-0.2, 0) is 9.53 Å². The number of carboxylic acid groups (broad SMARTS) is 1. The van der Waals surface area contributed by atoms with Crippen LogP contribution in [0.15, 0.2) is 0 Å². The highest BCUT2D eigenvalue weighted by molar-refractivity contribution is 5.73. The van der Waals surface area contributed by atoms with Gasteiger partial charge in [0.05, 0.1) is 12.0 Å². The summed E-state index contributed by atoms with van der Waals surface area (Å²) in [7, 11) is 0. The van der Waals surface area contributed by atoms with Gasteiger partial charge >= 0.3 is 5.97 Å². The molecular formula is C12H25NO3. The Morgan fingerprint density at radius 3 is 2.38 bits per heavy atom. The largest absolute Gasteiger partial charge is 0.481 e. The SMILES string of the molecule is CCOCC(NCC(C)(C)C(=O)O)C(C)C. The Kier molecular flexibility index (Phi) is 6.60. The molecule has 0 fully saturated rings. The lowest BCUT2D eigenvalue weighted by molar-refractivity contribution is -0.146. The smallest absolute Gasteiger partial charge is 0.310 e. The molecule has 0 radical (unpaired) electrons. The van der Waals surface area contributed by atoms with Crippen LogP contribution in [0.2, 0.25) is 0 Å². The maximum Gasteiger partial charge on any atom is 0.310 e. The molecule has 1 atom stereocenters. The quantitative estimate of drug-likeness (QED) is 0.668. The molecule has 4 nitrogen and oxygen atoms in total. The first-order valence-corrected chi connectivity index (χ1v) is 5.85. The molecule has 0 amide bonds. The molecule has 0 aromatic heterocycles. The summed E-state index contributed by atoms with van der Waals surface area (Å²) < 4.78 is 5.37. The Bertz CT molecular complexity index is 214. The van der Waals surface area contributed by atoms with Gasteiger partial charge in [0.2, 0.25) is 0 Å². The number of carboxylic acids is 1. The summed E-state index contributed by atoms with van der Waals surface area (Å²) in [5.41, 5.74) is -0.737. The van der Waals surface area contributed by atoms with E-state index in [1.54, 1.807) is 13.8 Å². The Hall–Kier alpha value is -0.610. The predicted molar refractivity (Wildman–Crippen MR) is 64.5 cm³/mol. The van der Waals surface area contributed by atoms with E-state index in [0.717, 1.165) is 0 Å². The highest BCUT2D eigenvalue weighted by atomic mass is 16.5. The highest BCUT2D eigenvalue weighted by Gasteiger charge is 2.28. The summed E-state index contributed by atoms with van der Waals surface area (Å²) in [5.74, 6) is -0.352. The molecule has 0 spiro atoms. The third kappa shape index (κ3) is 5.47. The van der Waals surface area contributed by atoms with Crippen molar-refractivity contribution in [3.8, 4) is 0 Å². The molecular weight excluding hydrogens is 206 g/mol. The van der Waals surface area contributed by atoms with Gasteiger partial charge in [0.1, 0.15) is 0 Å². The Balaban J connectivity index is 4.16. The zero-order valence-corrected chi connectivity index (χ0v) is 11.0. The van der Waals surface area contributed by atoms with E-state index < -0.39 is 11.4 Å². The van der Waals surface area contributed by atoms with Crippen LogP contribution in [0.1, 0.15) is 34.6 Å². The molecule has 4 heteroatoms. The Morgan fingerprint density at radius 2 is 2.00 bits per heavy atom. The van der Waals surface area contributed by atoms with Gasteiger partial charge in [-0.25, -0.2) is 0 Å². The molecule has 0 aromatic rings. The summed E-state index contributed by atoms with van der Waals surface area (Å²) >= 11 is 0. The number of rotatable bonds is 8. The molecule has 0 aliphatic carbocycles. The van der Waals surface area contributed by atoms with Gasteiger partial charge in [0.15, 0.2) is 0 Å². The Labute approximate surface area is 98.4 Å². The Morgan fingerprint density at radius 1 is 1.44 bits per heavy atom. The molecule has 0 aliphatic rings. The molecule has 0 saturated carbocycles. The second kappa shape index (κ2) is 6.86. The molecule has 0 heterocycles. The average Bonchev–Trinajstić information content (AvgIpc) is 2.16. The summed E-state index contributed by atoms with van der Waals surface area (Å²) in [6.07, 6.45) is 0. The monoisotopic (exact) mass is 231 g/mol. The van der Waals surface area contributed by atoms with Gasteiger partial charge in [0, 0.05) is 19.2 Å². The van der Waals surface area contributed by atoms with Gasteiger partial charge < -0.3 is 15.2 Å². The van der Waals surface area contributed by atoms with Crippen LogP contribution < -0.4 is 5.32 Å². The lowest BCUT2D eigenvalue weighted by atomic mass is 9.92. The number of carbonyl (C=O) groups is 1. The fraction of sp³-hybridized carbons (Fsp3) is 0.917. The number of hydrogen-bond donors (Lipinski definition) is 2. The van der Waals surface area contributed by atoms with E-state index in [2.05, 4.69) is 19.2 Å². The van der Waals surface area contributed by atoms with Gasteiger partial charge in [-0.3, -0.25) is 4.79 Å². The zero-order chi connectivity index (χ0) is 12.8. The van der Waals surface area contributed by atoms with Gasteiger partial charge in [-0.1, -0.05) is 13.8 Å². The van der Waals surface area contributed by atoms with Crippen molar-refractivity contribution >= 4 is 5.97 Å². The molecule has 0 aliphatic heterocycles. The lowest BCUT2D eigenvalue weighted by Crippen LogP contribution is -2.45. The first-order valence-electron chi connectivity index (χ1n) is 5.85. The minimum absolute atomic E-state index is 0.207. The number of ether oxygens (including phenoxy) is 1. The minimum atomic E-state index is -0.779. The number of nitrogens with one attached hydrogen (secondary N) is 1. The van der Waals surface area contributed by atoms with E-state index in [-0.39, 0.29) is 6.04 Å². The van der Waals surface area contributed by atoms with Crippen molar-refractivity contribution in [3.05, 3.63) is 0 Å². The van der Waals surface area contributed by atoms with Crippen molar-refractivity contribution in [1.82, 2.24) is 5.32 Å². The average molecular weight is 231 g/mol. The van der Waals surface area contributed by atoms with Crippen LogP contribution in [0.3, 0.4) is 0 Å².